The summed E-state index contributed by atoms with van der Waals surface area (Å²) in [7, 11) is 0. The highest BCUT2D eigenvalue weighted by atomic mass is 13.8. The minimum Gasteiger partial charge on any atom is -0.0767 e. The second-order valence-electron chi connectivity index (χ2n) is 0.962. The van der Waals surface area contributed by atoms with Crippen LogP contribution in [0.1, 0.15) is 0 Å². The maximum Gasteiger partial charge on any atom is 0.00506 e. The number of rotatable bonds is 0. The zero-order valence-corrected chi connectivity index (χ0v) is 2.89. The van der Waals surface area contributed by atoms with Crippen LogP contribution in [0.2, 0.25) is 0 Å². The third kappa shape index (κ3) is 0.380. The van der Waals surface area contributed by atoms with E-state index in [1.54, 1.807) is 0 Å². The van der Waals surface area contributed by atoms with Gasteiger partial charge in [0.05, 0.1) is 0 Å². The molecule has 0 atom stereocenters. The summed E-state index contributed by atoms with van der Waals surface area (Å²) >= 11 is 0. The quantitative estimate of drug-likeness (QED) is 0.399. The van der Waals surface area contributed by atoms with E-state index in [2.05, 4.69) is 0 Å². The third-order valence-electron chi connectivity index (χ3n) is 0.556. The number of hydrogen-bond donors (Lipinski definition) is 0. The number of allylic oxidation sites excluding steroid dienone is 4. The van der Waals surface area contributed by atoms with Gasteiger partial charge in [0.1, 0.15) is 0 Å². The molecule has 0 heteroatoms. The average molecular weight is 65.1 g/mol. The molecule has 0 heterocycles. The molecule has 0 aromatic carbocycles. The fourth-order valence-electron chi connectivity index (χ4n) is 0.321. The molecular formula is C5H5. The zero-order valence-electron chi connectivity index (χ0n) is 2.89. The lowest BCUT2D eigenvalue weighted by atomic mass is 10.5. The highest BCUT2D eigenvalue weighted by Crippen LogP contribution is 1.91. The second-order valence-corrected chi connectivity index (χ2v) is 0.962. The first-order valence-electron chi connectivity index (χ1n) is 1.67. The first-order chi connectivity index (χ1) is 2.50. The molecule has 0 saturated heterocycles. The van der Waals surface area contributed by atoms with Crippen molar-refractivity contribution < 1.29 is 0 Å². The third-order valence-corrected chi connectivity index (χ3v) is 0.556. The van der Waals surface area contributed by atoms with Gasteiger partial charge in [-0.05, 0) is 0 Å². The van der Waals surface area contributed by atoms with Crippen molar-refractivity contribution in [3.8, 4) is 0 Å². The minimum atomic E-state index is 2.00. The molecule has 1 radical (unpaired) electrons. The molecular weight excluding hydrogens is 60.1 g/mol. The van der Waals surface area contributed by atoms with Crippen molar-refractivity contribution in [2.45, 2.75) is 0 Å². The van der Waals surface area contributed by atoms with Gasteiger partial charge in [-0.15, -0.1) is 0 Å². The Morgan fingerprint density at radius 1 is 0.600 bits per heavy atom. The Kier molecular flexibility index (Phi) is 0.577. The molecule has 0 aromatic rings. The molecule has 25 valence electrons. The average Bonchev–Trinajstić information content (AvgIpc) is 1.76. The van der Waals surface area contributed by atoms with E-state index in [1.165, 1.54) is 0 Å². The van der Waals surface area contributed by atoms with E-state index < -0.39 is 0 Å². The van der Waals surface area contributed by atoms with Gasteiger partial charge in [-0.2, -0.15) is 0 Å². The Morgan fingerprint density at radius 2 is 1.20 bits per heavy atom. The fraction of sp³-hybridized carbons (Fsp3) is 0. The van der Waals surface area contributed by atoms with Crippen LogP contribution < -0.4 is 0 Å². The van der Waals surface area contributed by atoms with E-state index in [9.17, 15) is 0 Å². The first kappa shape index (κ1) is 2.70. The highest BCUT2D eigenvalue weighted by molar-refractivity contribution is 5.23. The van der Waals surface area contributed by atoms with Crippen LogP contribution in [0, 0.1) is 6.42 Å². The summed E-state index contributed by atoms with van der Waals surface area (Å²) in [5.74, 6) is 0. The summed E-state index contributed by atoms with van der Waals surface area (Å²) in [6.07, 6.45) is 10.0. The van der Waals surface area contributed by atoms with Gasteiger partial charge >= 0.3 is 0 Å². The molecule has 1 aliphatic carbocycles. The van der Waals surface area contributed by atoms with Crippen molar-refractivity contribution >= 4 is 0 Å². The standard InChI is InChI=1S/C5H5/c1-2-4-5-3-1/h1-5H. The summed E-state index contributed by atoms with van der Waals surface area (Å²) in [5, 5.41) is 0. The summed E-state index contributed by atoms with van der Waals surface area (Å²) in [6.45, 7) is 0. The summed E-state index contributed by atoms with van der Waals surface area (Å²) in [6, 6.07) is 0. The molecule has 0 amide bonds. The molecule has 0 aliphatic heterocycles. The van der Waals surface area contributed by atoms with Crippen molar-refractivity contribution in [3.05, 3.63) is 30.7 Å². The Hall–Kier alpha value is -0.520. The topological polar surface area (TPSA) is 0 Å². The first-order valence-corrected chi connectivity index (χ1v) is 1.67. The maximum atomic E-state index is 2.00. The molecule has 0 spiro atoms. The van der Waals surface area contributed by atoms with Gasteiger partial charge in [0.25, 0.3) is 0 Å². The van der Waals surface area contributed by atoms with Crippen molar-refractivity contribution in [2.24, 2.45) is 0 Å². The Morgan fingerprint density at radius 3 is 1.40 bits per heavy atom. The smallest absolute Gasteiger partial charge is 0.00506 e. The molecule has 0 fully saturated rings. The molecule has 0 nitrogen and oxygen atoms in total. The highest BCUT2D eigenvalue weighted by Gasteiger charge is 1.72. The molecule has 1 rings (SSSR count). The van der Waals surface area contributed by atoms with Crippen molar-refractivity contribution in [3.63, 3.8) is 0 Å². The van der Waals surface area contributed by atoms with Crippen LogP contribution in [0.5, 0.6) is 0 Å². The van der Waals surface area contributed by atoms with Crippen molar-refractivity contribution in [2.75, 3.05) is 0 Å². The van der Waals surface area contributed by atoms with E-state index in [4.69, 9.17) is 0 Å². The van der Waals surface area contributed by atoms with E-state index in [0.717, 1.165) is 0 Å². The monoisotopic (exact) mass is 65.0 g/mol. The Bertz CT molecular complexity index is 58.1. The summed E-state index contributed by atoms with van der Waals surface area (Å²) in [5.41, 5.74) is 0. The normalized spacial score (nSPS) is 17.6. The largest absolute Gasteiger partial charge is 0.0767 e. The SMILES string of the molecule is [CH]1C=CC=C1. The van der Waals surface area contributed by atoms with E-state index in [1.807, 2.05) is 30.7 Å². The number of hydrogen-bond acceptors (Lipinski definition) is 0. The summed E-state index contributed by atoms with van der Waals surface area (Å²) < 4.78 is 0. The van der Waals surface area contributed by atoms with Crippen LogP contribution in [0.4, 0.5) is 0 Å². The van der Waals surface area contributed by atoms with Gasteiger partial charge in [-0.3, -0.25) is 0 Å². The predicted molar refractivity (Wildman–Crippen MR) is 22.6 cm³/mol. The Labute approximate surface area is 31.8 Å². The van der Waals surface area contributed by atoms with E-state index in [0.29, 0.717) is 0 Å². The van der Waals surface area contributed by atoms with Crippen LogP contribution in [0.25, 0.3) is 0 Å². The lowest BCUT2D eigenvalue weighted by Crippen LogP contribution is -1.39. The van der Waals surface area contributed by atoms with Gasteiger partial charge in [-0.1, -0.05) is 24.3 Å². The molecule has 1 aliphatic rings. The predicted octanol–water partition coefficient (Wildman–Crippen LogP) is 1.32. The molecule has 5 heavy (non-hydrogen) atoms. The van der Waals surface area contributed by atoms with E-state index in [-0.39, 0.29) is 0 Å². The van der Waals surface area contributed by atoms with E-state index >= 15 is 0 Å². The van der Waals surface area contributed by atoms with Crippen molar-refractivity contribution in [1.29, 1.82) is 0 Å². The van der Waals surface area contributed by atoms with Gasteiger partial charge in [-0.25, -0.2) is 0 Å². The van der Waals surface area contributed by atoms with Crippen LogP contribution in [0.3, 0.4) is 0 Å². The Balaban J connectivity index is 2.61. The maximum absolute atomic E-state index is 2.00. The molecule has 0 saturated carbocycles. The van der Waals surface area contributed by atoms with Gasteiger partial charge in [0.15, 0.2) is 0 Å². The van der Waals surface area contributed by atoms with Gasteiger partial charge in [0.2, 0.25) is 0 Å². The minimum absolute atomic E-state index is 2.00. The molecule has 0 aromatic heterocycles. The lowest BCUT2D eigenvalue weighted by Gasteiger charge is -1.56. The van der Waals surface area contributed by atoms with Gasteiger partial charge < -0.3 is 0 Å². The van der Waals surface area contributed by atoms with Gasteiger partial charge in [0, 0.05) is 6.42 Å². The molecule has 0 N–H and O–H groups in total. The van der Waals surface area contributed by atoms with Crippen LogP contribution in [-0.4, -0.2) is 0 Å². The van der Waals surface area contributed by atoms with Crippen LogP contribution in [-0.2, 0) is 0 Å². The second kappa shape index (κ2) is 1.07. The zero-order chi connectivity index (χ0) is 3.54. The summed E-state index contributed by atoms with van der Waals surface area (Å²) in [4.78, 5) is 0. The molecule has 0 bridgehead atoms. The fourth-order valence-corrected chi connectivity index (χ4v) is 0.321. The molecule has 0 unspecified atom stereocenters. The lowest BCUT2D eigenvalue weighted by molar-refractivity contribution is 1.87. The van der Waals surface area contributed by atoms with Crippen LogP contribution in [0.15, 0.2) is 24.3 Å². The van der Waals surface area contributed by atoms with Crippen molar-refractivity contribution in [1.82, 2.24) is 0 Å². The van der Waals surface area contributed by atoms with Crippen LogP contribution >= 0.6 is 0 Å².